The molecular weight excluding hydrogens is 396 g/mol. The number of phenolic OH excluding ortho intramolecular Hbond substituents is 1. The summed E-state index contributed by atoms with van der Waals surface area (Å²) in [5, 5.41) is 20.4. The van der Waals surface area contributed by atoms with E-state index >= 15 is 0 Å². The molecule has 1 aliphatic rings. The van der Waals surface area contributed by atoms with Crippen molar-refractivity contribution >= 4 is 17.6 Å². The molecule has 0 bridgehead atoms. The molecule has 0 saturated heterocycles. The second-order valence-corrected chi connectivity index (χ2v) is 7.49. The summed E-state index contributed by atoms with van der Waals surface area (Å²) in [7, 11) is 0. The van der Waals surface area contributed by atoms with Crippen molar-refractivity contribution in [2.75, 3.05) is 11.9 Å². The number of carbonyl (C=O) groups is 2. The lowest BCUT2D eigenvalue weighted by molar-refractivity contribution is 0.0996. The van der Waals surface area contributed by atoms with Crippen LogP contribution in [0.3, 0.4) is 0 Å². The highest BCUT2D eigenvalue weighted by Crippen LogP contribution is 2.38. The van der Waals surface area contributed by atoms with E-state index in [1.165, 1.54) is 17.0 Å². The van der Waals surface area contributed by atoms with Gasteiger partial charge in [0.15, 0.2) is 5.76 Å². The third kappa shape index (κ3) is 4.37. The van der Waals surface area contributed by atoms with Crippen LogP contribution in [0.5, 0.6) is 5.75 Å². The van der Waals surface area contributed by atoms with Crippen molar-refractivity contribution in [2.24, 2.45) is 0 Å². The summed E-state index contributed by atoms with van der Waals surface area (Å²) in [4.78, 5) is 24.9. The first kappa shape index (κ1) is 20.5. The van der Waals surface area contributed by atoms with Gasteiger partial charge in [-0.05, 0) is 49.2 Å². The van der Waals surface area contributed by atoms with E-state index in [9.17, 15) is 14.7 Å². The number of carbonyl (C=O) groups excluding carboxylic acids is 2. The fourth-order valence-electron chi connectivity index (χ4n) is 3.86. The average Bonchev–Trinajstić information content (AvgIpc) is 3.54. The third-order valence-electron chi connectivity index (χ3n) is 5.38. The Bertz CT molecular complexity index is 1090. The summed E-state index contributed by atoms with van der Waals surface area (Å²) in [5.74, 6) is 0.0220. The highest BCUT2D eigenvalue weighted by Gasteiger charge is 2.26. The molecule has 3 aromatic rings. The van der Waals surface area contributed by atoms with E-state index in [1.807, 2.05) is 6.07 Å². The van der Waals surface area contributed by atoms with Gasteiger partial charge in [0.05, 0.1) is 17.7 Å². The highest BCUT2D eigenvalue weighted by molar-refractivity contribution is 6.02. The fourth-order valence-corrected chi connectivity index (χ4v) is 3.86. The summed E-state index contributed by atoms with van der Waals surface area (Å²) < 4.78 is 6.49. The van der Waals surface area contributed by atoms with Gasteiger partial charge in [0, 0.05) is 23.7 Å². The van der Waals surface area contributed by atoms with Crippen LogP contribution in [0.4, 0.5) is 10.5 Å². The zero-order chi connectivity index (χ0) is 21.8. The van der Waals surface area contributed by atoms with Gasteiger partial charge in [-0.2, -0.15) is 9.78 Å². The molecule has 3 N–H and O–H groups in total. The molecular formula is C23H24N4O4. The molecule has 0 radical (unpaired) electrons. The van der Waals surface area contributed by atoms with Gasteiger partial charge in [0.2, 0.25) is 0 Å². The van der Waals surface area contributed by atoms with Gasteiger partial charge in [-0.25, -0.2) is 4.79 Å². The number of phenols is 1. The van der Waals surface area contributed by atoms with Crippen molar-refractivity contribution < 1.29 is 19.1 Å². The minimum absolute atomic E-state index is 0.00474. The molecule has 2 aromatic heterocycles. The largest absolute Gasteiger partial charge is 0.507 e. The fraction of sp³-hybridized carbons (Fsp3) is 0.261. The quantitative estimate of drug-likeness (QED) is 0.402. The van der Waals surface area contributed by atoms with Crippen molar-refractivity contribution in [3.8, 4) is 17.0 Å². The number of nitrogens with zero attached hydrogens (tertiary/aromatic N) is 2. The molecule has 8 nitrogen and oxygen atoms in total. The lowest BCUT2D eigenvalue weighted by atomic mass is 10.0. The Morgan fingerprint density at radius 3 is 2.77 bits per heavy atom. The van der Waals surface area contributed by atoms with Crippen molar-refractivity contribution in [2.45, 2.75) is 31.6 Å². The van der Waals surface area contributed by atoms with E-state index in [0.717, 1.165) is 31.4 Å². The van der Waals surface area contributed by atoms with Crippen molar-refractivity contribution in [1.29, 1.82) is 0 Å². The molecule has 0 spiro atoms. The first-order chi connectivity index (χ1) is 15.1. The third-order valence-corrected chi connectivity index (χ3v) is 5.38. The van der Waals surface area contributed by atoms with E-state index in [0.29, 0.717) is 23.5 Å². The number of amides is 2. The van der Waals surface area contributed by atoms with E-state index in [4.69, 9.17) is 4.42 Å². The Labute approximate surface area is 179 Å². The van der Waals surface area contributed by atoms with Crippen LogP contribution >= 0.6 is 0 Å². The number of aromatic nitrogens is 2. The number of hydrogen-bond donors (Lipinski definition) is 3. The van der Waals surface area contributed by atoms with Gasteiger partial charge in [-0.1, -0.05) is 18.9 Å². The summed E-state index contributed by atoms with van der Waals surface area (Å²) in [6.45, 7) is 3.95. The zero-order valence-corrected chi connectivity index (χ0v) is 17.0. The molecule has 1 fully saturated rings. The molecule has 0 aliphatic heterocycles. The molecule has 4 rings (SSSR count). The summed E-state index contributed by atoms with van der Waals surface area (Å²) >= 11 is 0. The molecule has 1 aliphatic carbocycles. The van der Waals surface area contributed by atoms with Crippen molar-refractivity contribution in [3.63, 3.8) is 0 Å². The summed E-state index contributed by atoms with van der Waals surface area (Å²) in [6, 6.07) is 9.40. The smallest absolute Gasteiger partial charge is 0.342 e. The summed E-state index contributed by atoms with van der Waals surface area (Å²) in [6.07, 6.45) is 7.23. The Balaban J connectivity index is 1.67. The number of anilines is 1. The Kier molecular flexibility index (Phi) is 5.88. The topological polar surface area (TPSA) is 109 Å². The van der Waals surface area contributed by atoms with Crippen molar-refractivity contribution in [3.05, 3.63) is 66.8 Å². The maximum Gasteiger partial charge on any atom is 0.342 e. The lowest BCUT2D eigenvalue weighted by Gasteiger charge is -2.11. The Hall–Kier alpha value is -3.81. The molecule has 31 heavy (non-hydrogen) atoms. The maximum atomic E-state index is 12.7. The molecule has 0 unspecified atom stereocenters. The van der Waals surface area contributed by atoms with Crippen molar-refractivity contribution in [1.82, 2.24) is 15.1 Å². The molecule has 0 atom stereocenters. The van der Waals surface area contributed by atoms with Gasteiger partial charge in [-0.3, -0.25) is 4.79 Å². The van der Waals surface area contributed by atoms with E-state index in [-0.39, 0.29) is 23.5 Å². The lowest BCUT2D eigenvalue weighted by Crippen LogP contribution is -2.31. The van der Waals surface area contributed by atoms with Crippen LogP contribution in [0, 0.1) is 0 Å². The number of aromatic hydroxyl groups is 1. The van der Waals surface area contributed by atoms with Gasteiger partial charge < -0.3 is 20.2 Å². The predicted molar refractivity (Wildman–Crippen MR) is 116 cm³/mol. The molecule has 1 aromatic carbocycles. The minimum Gasteiger partial charge on any atom is -0.507 e. The van der Waals surface area contributed by atoms with Gasteiger partial charge in [0.25, 0.3) is 5.91 Å². The van der Waals surface area contributed by atoms with E-state index in [1.54, 1.807) is 30.3 Å². The minimum atomic E-state index is -0.400. The molecule has 2 amide bonds. The number of furan rings is 1. The van der Waals surface area contributed by atoms with E-state index < -0.39 is 5.91 Å². The normalized spacial score (nSPS) is 13.8. The van der Waals surface area contributed by atoms with Crippen LogP contribution in [-0.2, 0) is 0 Å². The van der Waals surface area contributed by atoms with E-state index in [2.05, 4.69) is 22.3 Å². The highest BCUT2D eigenvalue weighted by atomic mass is 16.3. The van der Waals surface area contributed by atoms with Gasteiger partial charge in [-0.15, -0.1) is 6.58 Å². The van der Waals surface area contributed by atoms with Crippen LogP contribution < -0.4 is 10.6 Å². The number of benzene rings is 1. The second-order valence-electron chi connectivity index (χ2n) is 7.49. The summed E-state index contributed by atoms with van der Waals surface area (Å²) in [5.41, 5.74) is 2.18. The van der Waals surface area contributed by atoms with Crippen LogP contribution in [0.1, 0.15) is 47.8 Å². The first-order valence-corrected chi connectivity index (χ1v) is 10.2. The predicted octanol–water partition coefficient (Wildman–Crippen LogP) is 4.50. The maximum absolute atomic E-state index is 12.7. The number of hydrogen-bond acceptors (Lipinski definition) is 5. The zero-order valence-electron chi connectivity index (χ0n) is 17.0. The van der Waals surface area contributed by atoms with Gasteiger partial charge >= 0.3 is 6.03 Å². The van der Waals surface area contributed by atoms with Crippen LogP contribution in [0.25, 0.3) is 11.3 Å². The van der Waals surface area contributed by atoms with Gasteiger partial charge in [0.1, 0.15) is 5.75 Å². The number of nitrogens with one attached hydrogen (secondary N) is 2. The Morgan fingerprint density at radius 1 is 1.26 bits per heavy atom. The average molecular weight is 420 g/mol. The Morgan fingerprint density at radius 2 is 2.06 bits per heavy atom. The first-order valence-electron chi connectivity index (χ1n) is 10.2. The second kappa shape index (κ2) is 8.91. The van der Waals surface area contributed by atoms with Crippen LogP contribution in [0.15, 0.2) is 59.7 Å². The monoisotopic (exact) mass is 420 g/mol. The standard InChI is InChI=1S/C23H24N4O4/c1-2-11-24-23(30)27-19(15-6-3-4-7-15)14-18(26-27)17-13-16(9-10-20(17)28)25-22(29)21-8-5-12-31-21/h2,5,8-10,12-15,28H,1,3-4,6-7,11H2,(H,24,30)(H,25,29). The molecule has 8 heteroatoms. The number of rotatable bonds is 6. The molecule has 160 valence electrons. The van der Waals surface area contributed by atoms with Crippen LogP contribution in [-0.4, -0.2) is 33.4 Å². The molecule has 2 heterocycles. The van der Waals surface area contributed by atoms with Crippen LogP contribution in [0.2, 0.25) is 0 Å². The molecule has 1 saturated carbocycles. The SMILES string of the molecule is C=CCNC(=O)n1nc(-c2cc(NC(=O)c3ccco3)ccc2O)cc1C1CCCC1.